The summed E-state index contributed by atoms with van der Waals surface area (Å²) in [6, 6.07) is 0. The van der Waals surface area contributed by atoms with Gasteiger partial charge in [0.25, 0.3) is 0 Å². The van der Waals surface area contributed by atoms with E-state index in [4.69, 9.17) is 10.7 Å². The van der Waals surface area contributed by atoms with Gasteiger partial charge in [0, 0.05) is 0 Å². The first kappa shape index (κ1) is 8.85. The van der Waals surface area contributed by atoms with Gasteiger partial charge in [0.05, 0.1) is 0 Å². The van der Waals surface area contributed by atoms with Crippen LogP contribution < -0.4 is 0 Å². The molecule has 2 N–H and O–H groups in total. The van der Waals surface area contributed by atoms with Crippen LogP contribution in [-0.2, 0) is 26.4 Å². The summed E-state index contributed by atoms with van der Waals surface area (Å²) in [5.74, 6) is 0. The molecule has 0 radical (unpaired) electrons. The Hall–Kier alpha value is -0.149. The minimum absolute atomic E-state index is 2.17. The van der Waals surface area contributed by atoms with Crippen molar-refractivity contribution in [3.05, 3.63) is 0 Å². The van der Waals surface area contributed by atoms with Crippen LogP contribution in [0.4, 0.5) is 0 Å². The monoisotopic (exact) mass is 190 g/mol. The van der Waals surface area contributed by atoms with Gasteiger partial charge in [-0.1, -0.05) is 0 Å². The molecule has 0 amide bonds. The normalized spacial score (nSPS) is 7.78. The maximum atomic E-state index is 9.52. The first-order valence-electron chi connectivity index (χ1n) is 1.60. The molecule has 1 aromatic heterocycles. The van der Waals surface area contributed by atoms with Crippen molar-refractivity contribution in [2.24, 2.45) is 0 Å². The Balaban J connectivity index is 0.000000148. The van der Waals surface area contributed by atoms with Crippen LogP contribution in [0.25, 0.3) is 0 Å². The molecule has 0 bridgehead atoms. The van der Waals surface area contributed by atoms with Crippen LogP contribution >= 0.6 is 0 Å². The summed E-state index contributed by atoms with van der Waals surface area (Å²) in [4.78, 5) is 0. The molecule has 0 aromatic carbocycles. The molecule has 0 fully saturated rings. The van der Waals surface area contributed by atoms with Crippen LogP contribution in [0.5, 0.6) is 0 Å². The van der Waals surface area contributed by atoms with E-state index in [9.17, 15) is 4.46 Å². The predicted molar refractivity (Wildman–Crippen MR) is 14.8 cm³/mol. The van der Waals surface area contributed by atoms with Crippen LogP contribution in [0.1, 0.15) is 0 Å². The van der Waals surface area contributed by atoms with E-state index in [1.54, 1.807) is 0 Å². The zero-order chi connectivity index (χ0) is 7.28. The zero-order valence-corrected chi connectivity index (χ0v) is 6.50. The van der Waals surface area contributed by atoms with Gasteiger partial charge in [0.2, 0.25) is 0 Å². The van der Waals surface area contributed by atoms with E-state index in [0.717, 1.165) is 0 Å². The van der Waals surface area contributed by atoms with Crippen molar-refractivity contribution >= 4 is 8.80 Å². The second-order valence-corrected chi connectivity index (χ2v) is 2.48. The Labute approximate surface area is 56.3 Å². The third-order valence-electron chi connectivity index (χ3n) is 0.204. The molecular weight excluding hydrogens is 188 g/mol. The fourth-order valence-electron chi connectivity index (χ4n) is 0.0618. The van der Waals surface area contributed by atoms with Crippen LogP contribution in [0.15, 0.2) is 13.2 Å². The van der Waals surface area contributed by atoms with E-state index in [1.807, 2.05) is 0 Å². The SMILES string of the molecule is O=[si]1ooo1.[O]=[Ti]([OH])[OH]. The Kier molecular flexibility index (Phi) is 4.63. The first-order chi connectivity index (χ1) is 4.13. The zero-order valence-electron chi connectivity index (χ0n) is 3.94. The van der Waals surface area contributed by atoms with Crippen LogP contribution in [-0.4, -0.2) is 16.2 Å². The maximum absolute atomic E-state index is 9.52. The third kappa shape index (κ3) is 7.85. The number of hydrogen-bond donors (Lipinski definition) is 2. The van der Waals surface area contributed by atoms with E-state index in [-0.39, 0.29) is 0 Å². The minimum atomic E-state index is -3.58. The van der Waals surface area contributed by atoms with Crippen LogP contribution in [0, 0.1) is 0 Å². The summed E-state index contributed by atoms with van der Waals surface area (Å²) in [7, 11) is -2.17. The second kappa shape index (κ2) is 4.70. The standard InChI is InChI=1S/O4Si.2H2O.O.Ti/c1-5-3-2-4-5;;;;/h;2*1H2;;/q;;;;+2/p-2. The van der Waals surface area contributed by atoms with Crippen molar-refractivity contribution in [1.82, 2.24) is 0 Å². The molecule has 9 heteroatoms. The molecule has 1 aromatic rings. The Morgan fingerprint density at radius 2 is 1.56 bits per heavy atom. The molecule has 7 nitrogen and oxygen atoms in total. The summed E-state index contributed by atoms with van der Waals surface area (Å²) < 4.78 is 43.8. The summed E-state index contributed by atoms with van der Waals surface area (Å²) in [6.07, 6.45) is 0. The summed E-state index contributed by atoms with van der Waals surface area (Å²) >= 11 is -3.58. The van der Waals surface area contributed by atoms with Crippen molar-refractivity contribution in [3.8, 4) is 0 Å². The van der Waals surface area contributed by atoms with Crippen molar-refractivity contribution in [3.63, 3.8) is 0 Å². The van der Waals surface area contributed by atoms with Crippen molar-refractivity contribution in [2.75, 3.05) is 0 Å². The number of rotatable bonds is 0. The molecule has 0 aliphatic rings. The fourth-order valence-corrected chi connectivity index (χ4v) is 0.185. The third-order valence-corrected chi connectivity index (χ3v) is 0.612. The Bertz CT molecular complexity index is 185. The molecule has 0 atom stereocenters. The Morgan fingerprint density at radius 3 is 1.56 bits per heavy atom. The van der Waals surface area contributed by atoms with Crippen molar-refractivity contribution in [2.45, 2.75) is 0 Å². The number of hydrogen-bond acceptors (Lipinski definition) is 5. The summed E-state index contributed by atoms with van der Waals surface area (Å²) in [6.45, 7) is 0. The molecule has 0 aliphatic carbocycles. The second-order valence-electron chi connectivity index (χ2n) is 0.767. The van der Waals surface area contributed by atoms with E-state index in [1.165, 1.54) is 0 Å². The van der Waals surface area contributed by atoms with Crippen molar-refractivity contribution in [1.29, 1.82) is 0 Å². The average Bonchev–Trinajstić information content (AvgIpc) is 1.59. The molecule has 1 heterocycles. The van der Waals surface area contributed by atoms with Gasteiger partial charge in [0.1, 0.15) is 0 Å². The topological polar surface area (TPSA) is 114 Å². The van der Waals surface area contributed by atoms with Gasteiger partial charge in [-0.3, -0.25) is 4.46 Å². The van der Waals surface area contributed by atoms with Gasteiger partial charge in [-0.25, -0.2) is 8.51 Å². The molecule has 0 unspecified atom stereocenters. The quantitative estimate of drug-likeness (QED) is 0.387. The molecule has 1 rings (SSSR count). The summed E-state index contributed by atoms with van der Waals surface area (Å²) in [5, 5.41) is 0. The van der Waals surface area contributed by atoms with Gasteiger partial charge in [-0.15, -0.1) is 4.74 Å². The van der Waals surface area contributed by atoms with Gasteiger partial charge in [-0.05, 0) is 0 Å². The van der Waals surface area contributed by atoms with Gasteiger partial charge < -0.3 is 0 Å². The molecule has 0 spiro atoms. The molecular formula is H2O7SiTi. The van der Waals surface area contributed by atoms with E-state index < -0.39 is 27.4 Å². The first-order valence-corrected chi connectivity index (χ1v) is 4.86. The molecule has 9 heavy (non-hydrogen) atoms. The van der Waals surface area contributed by atoms with Crippen LogP contribution in [0.2, 0.25) is 0 Å². The van der Waals surface area contributed by atoms with Gasteiger partial charge >= 0.3 is 38.1 Å². The average molecular weight is 190 g/mol. The predicted octanol–water partition coefficient (Wildman–Crippen LogP) is -1.27. The van der Waals surface area contributed by atoms with E-state index in [2.05, 4.69) is 13.2 Å². The fraction of sp³-hybridized carbons (Fsp3) is 0. The molecule has 0 saturated carbocycles. The molecule has 0 saturated heterocycles. The van der Waals surface area contributed by atoms with Crippen molar-refractivity contribution < 1.29 is 47.0 Å². The van der Waals surface area contributed by atoms with Gasteiger partial charge in [-0.2, -0.15) is 0 Å². The molecule has 52 valence electrons. The van der Waals surface area contributed by atoms with Gasteiger partial charge in [0.15, 0.2) is 0 Å². The van der Waals surface area contributed by atoms with E-state index in [0.29, 0.717) is 0 Å². The molecule has 0 aliphatic heterocycles. The van der Waals surface area contributed by atoms with E-state index >= 15 is 0 Å². The van der Waals surface area contributed by atoms with Crippen LogP contribution in [0.3, 0.4) is 0 Å². The Morgan fingerprint density at radius 1 is 1.33 bits per heavy atom. The summed E-state index contributed by atoms with van der Waals surface area (Å²) in [5.41, 5.74) is 0.